The van der Waals surface area contributed by atoms with E-state index in [-0.39, 0.29) is 0 Å². The van der Waals surface area contributed by atoms with Crippen LogP contribution in [0.4, 0.5) is 0 Å². The van der Waals surface area contributed by atoms with Gasteiger partial charge in [-0.2, -0.15) is 0 Å². The first kappa shape index (κ1) is 16.3. The Morgan fingerprint density at radius 2 is 1.29 bits per heavy atom. The molecule has 0 N–H and O–H groups in total. The number of carbonyl (C=O) groups excluding carboxylic acids is 2. The molecule has 0 aliphatic rings. The minimum absolute atomic E-state index is 0.305. The van der Waals surface area contributed by atoms with E-state index in [1.54, 1.807) is 0 Å². The van der Waals surface area contributed by atoms with Gasteiger partial charge in [0.15, 0.2) is 0 Å². The molecule has 0 atom stereocenters. The molecule has 0 aromatic carbocycles. The standard InChI is InChI=1S/C13H24O4/c1-3-9-16-11-13(5-7-14,6-8-15)12-17-10-4-2/h7-8H,3-6,9-12H2,1-2H3. The third kappa shape index (κ3) is 7.23. The summed E-state index contributed by atoms with van der Waals surface area (Å²) in [7, 11) is 0. The van der Waals surface area contributed by atoms with Gasteiger partial charge in [-0.25, -0.2) is 0 Å². The van der Waals surface area contributed by atoms with E-state index >= 15 is 0 Å². The van der Waals surface area contributed by atoms with Gasteiger partial charge in [-0.1, -0.05) is 13.8 Å². The van der Waals surface area contributed by atoms with E-state index in [1.807, 2.05) is 13.8 Å². The second kappa shape index (κ2) is 10.4. The first-order valence-electron chi connectivity index (χ1n) is 6.27. The van der Waals surface area contributed by atoms with Gasteiger partial charge in [0.2, 0.25) is 0 Å². The van der Waals surface area contributed by atoms with Crippen LogP contribution in [0.25, 0.3) is 0 Å². The zero-order valence-electron chi connectivity index (χ0n) is 10.9. The maximum Gasteiger partial charge on any atom is 0.120 e. The summed E-state index contributed by atoms with van der Waals surface area (Å²) < 4.78 is 11.0. The predicted octanol–water partition coefficient (Wildman–Crippen LogP) is 2.00. The van der Waals surface area contributed by atoms with Crippen molar-refractivity contribution in [2.24, 2.45) is 5.41 Å². The van der Waals surface area contributed by atoms with Crippen LogP contribution in [0.5, 0.6) is 0 Å². The van der Waals surface area contributed by atoms with E-state index in [1.165, 1.54) is 0 Å². The Balaban J connectivity index is 4.35. The molecule has 0 saturated carbocycles. The molecule has 0 aliphatic heterocycles. The van der Waals surface area contributed by atoms with Crippen molar-refractivity contribution in [2.75, 3.05) is 26.4 Å². The lowest BCUT2D eigenvalue weighted by molar-refractivity contribution is -0.118. The van der Waals surface area contributed by atoms with Crippen molar-refractivity contribution in [3.8, 4) is 0 Å². The summed E-state index contributed by atoms with van der Waals surface area (Å²) in [6.07, 6.45) is 4.14. The van der Waals surface area contributed by atoms with Crippen molar-refractivity contribution in [3.05, 3.63) is 0 Å². The molecule has 0 bridgehead atoms. The summed E-state index contributed by atoms with van der Waals surface area (Å²) >= 11 is 0. The normalized spacial score (nSPS) is 11.4. The van der Waals surface area contributed by atoms with E-state index in [0.29, 0.717) is 39.3 Å². The fourth-order valence-corrected chi connectivity index (χ4v) is 1.58. The first-order valence-corrected chi connectivity index (χ1v) is 6.27. The molecule has 0 spiro atoms. The van der Waals surface area contributed by atoms with Crippen LogP contribution in [-0.4, -0.2) is 39.0 Å². The predicted molar refractivity (Wildman–Crippen MR) is 66.0 cm³/mol. The van der Waals surface area contributed by atoms with Gasteiger partial charge in [0.25, 0.3) is 0 Å². The van der Waals surface area contributed by atoms with Crippen molar-refractivity contribution in [1.29, 1.82) is 0 Å². The molecule has 0 fully saturated rings. The van der Waals surface area contributed by atoms with E-state index in [9.17, 15) is 9.59 Å². The molecular weight excluding hydrogens is 220 g/mol. The van der Waals surface area contributed by atoms with Gasteiger partial charge in [-0.15, -0.1) is 0 Å². The van der Waals surface area contributed by atoms with E-state index in [2.05, 4.69) is 0 Å². The SMILES string of the molecule is CCCOCC(CC=O)(CC=O)COCCC. The lowest BCUT2D eigenvalue weighted by Gasteiger charge is -2.29. The van der Waals surface area contributed by atoms with Crippen molar-refractivity contribution < 1.29 is 19.1 Å². The monoisotopic (exact) mass is 244 g/mol. The Hall–Kier alpha value is -0.740. The van der Waals surface area contributed by atoms with Crippen LogP contribution in [0.15, 0.2) is 0 Å². The third-order valence-corrected chi connectivity index (χ3v) is 2.55. The quantitative estimate of drug-likeness (QED) is 0.389. The van der Waals surface area contributed by atoms with E-state index < -0.39 is 5.41 Å². The summed E-state index contributed by atoms with van der Waals surface area (Å²) in [5.74, 6) is 0. The van der Waals surface area contributed by atoms with Crippen LogP contribution in [0.1, 0.15) is 39.5 Å². The number of aldehydes is 2. The Labute approximate surface area is 104 Å². The molecule has 0 saturated heterocycles. The highest BCUT2D eigenvalue weighted by Gasteiger charge is 2.30. The van der Waals surface area contributed by atoms with Crippen LogP contribution in [0.2, 0.25) is 0 Å². The van der Waals surface area contributed by atoms with E-state index in [0.717, 1.165) is 25.4 Å². The summed E-state index contributed by atoms with van der Waals surface area (Å²) in [5.41, 5.74) is -0.478. The molecule has 0 radical (unpaired) electrons. The third-order valence-electron chi connectivity index (χ3n) is 2.55. The zero-order valence-corrected chi connectivity index (χ0v) is 10.9. The molecule has 0 rings (SSSR count). The van der Waals surface area contributed by atoms with Crippen LogP contribution >= 0.6 is 0 Å². The summed E-state index contributed by atoms with van der Waals surface area (Å²) in [4.78, 5) is 21.5. The molecule has 0 aromatic heterocycles. The van der Waals surface area contributed by atoms with Gasteiger partial charge in [-0.3, -0.25) is 0 Å². The van der Waals surface area contributed by atoms with Crippen LogP contribution < -0.4 is 0 Å². The molecule has 0 aliphatic carbocycles. The maximum absolute atomic E-state index is 10.7. The fraction of sp³-hybridized carbons (Fsp3) is 0.846. The lowest BCUT2D eigenvalue weighted by atomic mass is 9.83. The van der Waals surface area contributed by atoms with Gasteiger partial charge in [-0.05, 0) is 12.8 Å². The van der Waals surface area contributed by atoms with Crippen LogP contribution in [0.3, 0.4) is 0 Å². The van der Waals surface area contributed by atoms with Crippen molar-refractivity contribution in [3.63, 3.8) is 0 Å². The smallest absolute Gasteiger partial charge is 0.120 e. The summed E-state index contributed by atoms with van der Waals surface area (Å²) in [6.45, 7) is 6.15. The number of hydrogen-bond donors (Lipinski definition) is 0. The number of ether oxygens (including phenoxy) is 2. The van der Waals surface area contributed by atoms with Gasteiger partial charge < -0.3 is 19.1 Å². The Kier molecular flexibility index (Phi) is 9.96. The van der Waals surface area contributed by atoms with E-state index in [4.69, 9.17) is 9.47 Å². The fourth-order valence-electron chi connectivity index (χ4n) is 1.58. The summed E-state index contributed by atoms with van der Waals surface area (Å²) in [5, 5.41) is 0. The molecule has 0 heterocycles. The number of rotatable bonds is 12. The van der Waals surface area contributed by atoms with Crippen LogP contribution in [-0.2, 0) is 19.1 Å². The first-order chi connectivity index (χ1) is 8.24. The van der Waals surface area contributed by atoms with Gasteiger partial charge in [0, 0.05) is 31.5 Å². The Morgan fingerprint density at radius 1 is 0.882 bits per heavy atom. The number of carbonyl (C=O) groups is 2. The molecule has 0 amide bonds. The minimum atomic E-state index is -0.478. The second-order valence-corrected chi connectivity index (χ2v) is 4.35. The Bertz CT molecular complexity index is 182. The Morgan fingerprint density at radius 3 is 1.59 bits per heavy atom. The van der Waals surface area contributed by atoms with Gasteiger partial charge >= 0.3 is 0 Å². The topological polar surface area (TPSA) is 52.6 Å². The largest absolute Gasteiger partial charge is 0.381 e. The molecule has 0 aromatic rings. The highest BCUT2D eigenvalue weighted by atomic mass is 16.5. The highest BCUT2D eigenvalue weighted by molar-refractivity contribution is 5.56. The second-order valence-electron chi connectivity index (χ2n) is 4.35. The minimum Gasteiger partial charge on any atom is -0.381 e. The molecule has 17 heavy (non-hydrogen) atoms. The average Bonchev–Trinajstić information content (AvgIpc) is 2.30. The molecule has 4 heteroatoms. The van der Waals surface area contributed by atoms with Crippen molar-refractivity contribution in [2.45, 2.75) is 39.5 Å². The van der Waals surface area contributed by atoms with Crippen molar-refractivity contribution >= 4 is 12.6 Å². The zero-order chi connectivity index (χ0) is 13.0. The lowest BCUT2D eigenvalue weighted by Crippen LogP contribution is -2.34. The highest BCUT2D eigenvalue weighted by Crippen LogP contribution is 2.26. The molecular formula is C13H24O4. The van der Waals surface area contributed by atoms with Crippen LogP contribution in [0, 0.1) is 5.41 Å². The van der Waals surface area contributed by atoms with Crippen molar-refractivity contribution in [1.82, 2.24) is 0 Å². The molecule has 100 valence electrons. The van der Waals surface area contributed by atoms with Gasteiger partial charge in [0.1, 0.15) is 12.6 Å². The molecule has 4 nitrogen and oxygen atoms in total. The number of hydrogen-bond acceptors (Lipinski definition) is 4. The maximum atomic E-state index is 10.7. The van der Waals surface area contributed by atoms with Gasteiger partial charge in [0.05, 0.1) is 13.2 Å². The molecule has 0 unspecified atom stereocenters. The average molecular weight is 244 g/mol. The summed E-state index contributed by atoms with van der Waals surface area (Å²) in [6, 6.07) is 0.